The molecule has 0 radical (unpaired) electrons. The number of anilines is 1. The molecular weight excluding hydrogens is 307 g/mol. The van der Waals surface area contributed by atoms with Gasteiger partial charge in [-0.15, -0.1) is 22.6 Å². The number of nitrogen functional groups attached to an aromatic ring is 1. The molecule has 0 bridgehead atoms. The van der Waals surface area contributed by atoms with Crippen LogP contribution in [0.2, 0.25) is 0 Å². The van der Waals surface area contributed by atoms with E-state index in [4.69, 9.17) is 5.73 Å². The molecule has 0 fully saturated rings. The van der Waals surface area contributed by atoms with Crippen molar-refractivity contribution < 1.29 is 4.79 Å². The topological polar surface area (TPSA) is 80.9 Å². The van der Waals surface area contributed by atoms with Crippen LogP contribution in [0.3, 0.4) is 0 Å². The quantitative estimate of drug-likeness (QED) is 0.840. The van der Waals surface area contributed by atoms with Crippen molar-refractivity contribution in [2.75, 3.05) is 12.8 Å². The number of carbonyl (C=O) groups is 1. The highest BCUT2D eigenvalue weighted by molar-refractivity contribution is 9.10. The van der Waals surface area contributed by atoms with Crippen LogP contribution >= 0.6 is 28.3 Å². The predicted molar refractivity (Wildman–Crippen MR) is 72.3 cm³/mol. The van der Waals surface area contributed by atoms with Gasteiger partial charge in [-0.05, 0) is 22.0 Å². The van der Waals surface area contributed by atoms with Crippen molar-refractivity contribution in [3.63, 3.8) is 0 Å². The van der Waals surface area contributed by atoms with E-state index in [1.54, 1.807) is 6.07 Å². The van der Waals surface area contributed by atoms with Crippen molar-refractivity contribution in [3.8, 4) is 0 Å². The van der Waals surface area contributed by atoms with Gasteiger partial charge in [-0.25, -0.2) is 0 Å². The minimum absolute atomic E-state index is 0. The number of benzene rings is 1. The molecule has 0 saturated carbocycles. The maximum atomic E-state index is 11.5. The molecule has 2 rings (SSSR count). The van der Waals surface area contributed by atoms with E-state index in [0.29, 0.717) is 16.6 Å². The molecule has 0 spiro atoms. The molecule has 1 aromatic heterocycles. The van der Waals surface area contributed by atoms with Gasteiger partial charge in [0, 0.05) is 16.9 Å². The monoisotopic (exact) mass is 316 g/mol. The highest BCUT2D eigenvalue weighted by atomic mass is 79.9. The van der Waals surface area contributed by atoms with Crippen molar-refractivity contribution >= 4 is 50.8 Å². The van der Waals surface area contributed by atoms with E-state index in [9.17, 15) is 4.79 Å². The summed E-state index contributed by atoms with van der Waals surface area (Å²) in [5, 5.41) is 11.0. The largest absolute Gasteiger partial charge is 0.396 e. The molecule has 17 heavy (non-hydrogen) atoms. The van der Waals surface area contributed by atoms with Gasteiger partial charge in [0.2, 0.25) is 0 Å². The molecular formula is C10H10BrClN4O. The van der Waals surface area contributed by atoms with Gasteiger partial charge >= 0.3 is 0 Å². The first-order valence-corrected chi connectivity index (χ1v) is 5.37. The van der Waals surface area contributed by atoms with E-state index in [2.05, 4.69) is 31.4 Å². The number of hydrogen-bond acceptors (Lipinski definition) is 4. The van der Waals surface area contributed by atoms with Crippen LogP contribution in [0.5, 0.6) is 0 Å². The van der Waals surface area contributed by atoms with E-state index in [-0.39, 0.29) is 24.0 Å². The van der Waals surface area contributed by atoms with Gasteiger partial charge in [0.15, 0.2) is 5.69 Å². The van der Waals surface area contributed by atoms with Crippen LogP contribution in [-0.2, 0) is 0 Å². The van der Waals surface area contributed by atoms with Crippen molar-refractivity contribution in [1.82, 2.24) is 15.5 Å². The molecule has 3 N–H and O–H groups in total. The Balaban J connectivity index is 0.00000144. The molecule has 5 nitrogen and oxygen atoms in total. The first-order valence-electron chi connectivity index (χ1n) is 4.57. The second kappa shape index (κ2) is 5.29. The van der Waals surface area contributed by atoms with Crippen LogP contribution in [0.15, 0.2) is 22.7 Å². The van der Waals surface area contributed by atoms with Gasteiger partial charge in [0.25, 0.3) is 5.91 Å². The lowest BCUT2D eigenvalue weighted by Crippen LogP contribution is -2.21. The third-order valence-electron chi connectivity index (χ3n) is 2.22. The standard InChI is InChI=1S/C10H9BrN4O.ClH/c1-13-10(16)9-7(12)5-3-2-4-6(11)8(5)14-15-9;/h2-4H,1H3,(H2,12,14)(H,13,16);1H. The molecule has 0 aliphatic rings. The van der Waals surface area contributed by atoms with Gasteiger partial charge in [-0.2, -0.15) is 0 Å². The highest BCUT2D eigenvalue weighted by Crippen LogP contribution is 2.26. The number of rotatable bonds is 1. The average molecular weight is 318 g/mol. The van der Waals surface area contributed by atoms with Crippen LogP contribution in [-0.4, -0.2) is 23.2 Å². The zero-order valence-electron chi connectivity index (χ0n) is 8.90. The molecule has 0 unspecified atom stereocenters. The highest BCUT2D eigenvalue weighted by Gasteiger charge is 2.14. The summed E-state index contributed by atoms with van der Waals surface area (Å²) in [6, 6.07) is 5.48. The first kappa shape index (κ1) is 13.7. The number of fused-ring (bicyclic) bond motifs is 1. The summed E-state index contributed by atoms with van der Waals surface area (Å²) < 4.78 is 0.799. The average Bonchev–Trinajstić information content (AvgIpc) is 2.30. The fraction of sp³-hybridized carbons (Fsp3) is 0.100. The molecule has 1 heterocycles. The minimum Gasteiger partial charge on any atom is -0.396 e. The number of nitrogens with zero attached hydrogens (tertiary/aromatic N) is 2. The molecule has 90 valence electrons. The van der Waals surface area contributed by atoms with Crippen molar-refractivity contribution in [2.24, 2.45) is 0 Å². The minimum atomic E-state index is -0.341. The van der Waals surface area contributed by atoms with E-state index in [1.807, 2.05) is 12.1 Å². The summed E-state index contributed by atoms with van der Waals surface area (Å²) in [7, 11) is 1.52. The Morgan fingerprint density at radius 1 is 1.41 bits per heavy atom. The Labute approximate surface area is 112 Å². The van der Waals surface area contributed by atoms with E-state index in [0.717, 1.165) is 4.47 Å². The Bertz CT molecular complexity index is 575. The fourth-order valence-corrected chi connectivity index (χ4v) is 1.85. The third kappa shape index (κ3) is 2.32. The lowest BCUT2D eigenvalue weighted by molar-refractivity contribution is 0.0958. The number of nitrogens with one attached hydrogen (secondary N) is 1. The maximum Gasteiger partial charge on any atom is 0.273 e. The van der Waals surface area contributed by atoms with Gasteiger partial charge in [0.05, 0.1) is 5.69 Å². The SMILES string of the molecule is CNC(=O)c1nnc2c(Br)cccc2c1N.Cl. The third-order valence-corrected chi connectivity index (χ3v) is 2.86. The van der Waals surface area contributed by atoms with E-state index < -0.39 is 0 Å². The summed E-state index contributed by atoms with van der Waals surface area (Å²) in [5.74, 6) is -0.341. The lowest BCUT2D eigenvalue weighted by atomic mass is 10.1. The number of nitrogens with two attached hydrogens (primary N) is 1. The van der Waals surface area contributed by atoms with Crippen molar-refractivity contribution in [2.45, 2.75) is 0 Å². The van der Waals surface area contributed by atoms with Crippen LogP contribution < -0.4 is 11.1 Å². The Morgan fingerprint density at radius 3 is 2.76 bits per heavy atom. The van der Waals surface area contributed by atoms with Gasteiger partial charge in [0.1, 0.15) is 5.52 Å². The molecule has 1 aromatic carbocycles. The number of halogens is 2. The van der Waals surface area contributed by atoms with E-state index in [1.165, 1.54) is 7.05 Å². The molecule has 0 aliphatic carbocycles. The fourth-order valence-electron chi connectivity index (χ4n) is 1.40. The number of hydrogen-bond donors (Lipinski definition) is 2. The van der Waals surface area contributed by atoms with Crippen LogP contribution in [0.1, 0.15) is 10.5 Å². The summed E-state index contributed by atoms with van der Waals surface area (Å²) in [4.78, 5) is 11.5. The molecule has 1 amide bonds. The van der Waals surface area contributed by atoms with Crippen LogP contribution in [0.4, 0.5) is 5.69 Å². The first-order chi connectivity index (χ1) is 7.65. The second-order valence-electron chi connectivity index (χ2n) is 3.18. The lowest BCUT2D eigenvalue weighted by Gasteiger charge is -2.06. The Kier molecular flexibility index (Phi) is 4.25. The molecule has 0 saturated heterocycles. The smallest absolute Gasteiger partial charge is 0.273 e. The Hall–Kier alpha value is -1.40. The molecule has 7 heteroatoms. The molecule has 2 aromatic rings. The molecule has 0 aliphatic heterocycles. The van der Waals surface area contributed by atoms with Gasteiger partial charge in [-0.1, -0.05) is 12.1 Å². The van der Waals surface area contributed by atoms with Crippen LogP contribution in [0, 0.1) is 0 Å². The zero-order chi connectivity index (χ0) is 11.7. The summed E-state index contributed by atoms with van der Waals surface area (Å²) in [6.07, 6.45) is 0. The van der Waals surface area contributed by atoms with Gasteiger partial charge < -0.3 is 11.1 Å². The normalized spacial score (nSPS) is 9.76. The van der Waals surface area contributed by atoms with Crippen molar-refractivity contribution in [1.29, 1.82) is 0 Å². The molecule has 0 atom stereocenters. The predicted octanol–water partition coefficient (Wildman–Crippen LogP) is 1.76. The van der Waals surface area contributed by atoms with Crippen LogP contribution in [0.25, 0.3) is 10.9 Å². The number of amides is 1. The second-order valence-corrected chi connectivity index (χ2v) is 4.03. The number of carbonyl (C=O) groups excluding carboxylic acids is 1. The summed E-state index contributed by atoms with van der Waals surface area (Å²) in [5.41, 5.74) is 7.01. The maximum absolute atomic E-state index is 11.5. The zero-order valence-corrected chi connectivity index (χ0v) is 11.3. The van der Waals surface area contributed by atoms with Crippen molar-refractivity contribution in [3.05, 3.63) is 28.4 Å². The van der Waals surface area contributed by atoms with Gasteiger partial charge in [-0.3, -0.25) is 4.79 Å². The Morgan fingerprint density at radius 2 is 2.12 bits per heavy atom. The van der Waals surface area contributed by atoms with E-state index >= 15 is 0 Å². The number of aromatic nitrogens is 2. The summed E-state index contributed by atoms with van der Waals surface area (Å²) in [6.45, 7) is 0. The summed E-state index contributed by atoms with van der Waals surface area (Å²) >= 11 is 3.35.